The van der Waals surface area contributed by atoms with Gasteiger partial charge in [0.15, 0.2) is 0 Å². The number of hydrogen-bond donors (Lipinski definition) is 2. The highest BCUT2D eigenvalue weighted by Gasteiger charge is 2.05. The molecule has 0 bridgehead atoms. The number of nitrogens with one attached hydrogen (secondary N) is 2. The molecule has 4 N–H and O–H groups in total. The Labute approximate surface area is 162 Å². The molecule has 0 fully saturated rings. The van der Waals surface area contributed by atoms with E-state index in [4.69, 9.17) is 9.47 Å². The zero-order valence-electron chi connectivity index (χ0n) is 16.0. The minimum Gasteiger partial charge on any atom is -0.493 e. The zero-order valence-corrected chi connectivity index (χ0v) is 16.0. The molecule has 0 spiro atoms. The predicted molar refractivity (Wildman–Crippen MR) is 109 cm³/mol. The van der Waals surface area contributed by atoms with Crippen molar-refractivity contribution in [2.75, 3.05) is 26.3 Å². The summed E-state index contributed by atoms with van der Waals surface area (Å²) < 4.78 is 12.0. The van der Waals surface area contributed by atoms with Crippen LogP contribution in [0.4, 0.5) is 0 Å². The molecule has 1 aliphatic heterocycles. The Balaban J connectivity index is 0.00000261. The molecule has 27 heavy (non-hydrogen) atoms. The first-order chi connectivity index (χ1) is 12.9. The third kappa shape index (κ3) is 7.21. The molecule has 0 saturated heterocycles. The van der Waals surface area contributed by atoms with Gasteiger partial charge in [-0.05, 0) is 50.9 Å². The van der Waals surface area contributed by atoms with E-state index in [1.54, 1.807) is 0 Å². The Kier molecular flexibility index (Phi) is 9.69. The normalized spacial score (nSPS) is 16.9. The number of fused-ring (bicyclic) bond motifs is 2. The largest absolute Gasteiger partial charge is 0.493 e. The average molecular weight is 373 g/mol. The Hall–Kier alpha value is -2.08. The molecule has 2 aromatic carbocycles. The van der Waals surface area contributed by atoms with Gasteiger partial charge in [0, 0.05) is 24.2 Å². The van der Waals surface area contributed by atoms with Gasteiger partial charge in [0.1, 0.15) is 11.5 Å². The van der Waals surface area contributed by atoms with Crippen LogP contribution in [-0.2, 0) is 13.1 Å². The van der Waals surface area contributed by atoms with Crippen LogP contribution in [0.1, 0.15) is 36.8 Å². The summed E-state index contributed by atoms with van der Waals surface area (Å²) in [6.45, 7) is 5.22. The van der Waals surface area contributed by atoms with Gasteiger partial charge in [-0.25, -0.2) is 0 Å². The molecule has 5 nitrogen and oxygen atoms in total. The third-order valence-corrected chi connectivity index (χ3v) is 4.59. The van der Waals surface area contributed by atoms with Crippen molar-refractivity contribution in [3.8, 4) is 11.5 Å². The lowest BCUT2D eigenvalue weighted by Crippen LogP contribution is -2.19. The second-order valence-corrected chi connectivity index (χ2v) is 6.68. The molecular formula is C22H32N2O3. The first-order valence-electron chi connectivity index (χ1n) is 9.76. The minimum atomic E-state index is 0. The van der Waals surface area contributed by atoms with E-state index in [0.717, 1.165) is 76.6 Å². The van der Waals surface area contributed by atoms with Crippen LogP contribution in [0, 0.1) is 0 Å². The van der Waals surface area contributed by atoms with Gasteiger partial charge >= 0.3 is 0 Å². The van der Waals surface area contributed by atoms with E-state index in [1.807, 2.05) is 12.1 Å². The van der Waals surface area contributed by atoms with E-state index < -0.39 is 0 Å². The number of para-hydroxylation sites is 2. The number of rotatable bonds is 0. The van der Waals surface area contributed by atoms with Crippen molar-refractivity contribution < 1.29 is 14.9 Å². The summed E-state index contributed by atoms with van der Waals surface area (Å²) in [5, 5.41) is 7.07. The van der Waals surface area contributed by atoms with Gasteiger partial charge < -0.3 is 25.6 Å². The molecule has 5 heteroatoms. The summed E-state index contributed by atoms with van der Waals surface area (Å²) in [7, 11) is 0. The third-order valence-electron chi connectivity index (χ3n) is 4.59. The molecule has 0 amide bonds. The lowest BCUT2D eigenvalue weighted by atomic mass is 10.2. The van der Waals surface area contributed by atoms with Crippen molar-refractivity contribution in [1.29, 1.82) is 0 Å². The van der Waals surface area contributed by atoms with Crippen LogP contribution in [0.25, 0.3) is 0 Å². The number of hydrogen-bond acceptors (Lipinski definition) is 4. The number of ether oxygens (including phenoxy) is 2. The molecular weight excluding hydrogens is 340 g/mol. The molecule has 0 saturated carbocycles. The van der Waals surface area contributed by atoms with E-state index in [0.29, 0.717) is 0 Å². The van der Waals surface area contributed by atoms with Crippen LogP contribution in [0.15, 0.2) is 48.5 Å². The first-order valence-corrected chi connectivity index (χ1v) is 9.76. The van der Waals surface area contributed by atoms with Crippen LogP contribution in [0.2, 0.25) is 0 Å². The summed E-state index contributed by atoms with van der Waals surface area (Å²) in [6.07, 6.45) is 4.30. The van der Waals surface area contributed by atoms with Crippen molar-refractivity contribution in [3.63, 3.8) is 0 Å². The van der Waals surface area contributed by atoms with E-state index in [1.165, 1.54) is 11.1 Å². The van der Waals surface area contributed by atoms with Gasteiger partial charge in [-0.2, -0.15) is 0 Å². The summed E-state index contributed by atoms with van der Waals surface area (Å²) >= 11 is 0. The summed E-state index contributed by atoms with van der Waals surface area (Å²) in [5.41, 5.74) is 2.47. The van der Waals surface area contributed by atoms with Crippen molar-refractivity contribution in [1.82, 2.24) is 10.6 Å². The fourth-order valence-corrected chi connectivity index (χ4v) is 3.10. The molecule has 1 heterocycles. The quantitative estimate of drug-likeness (QED) is 0.745. The molecule has 0 aromatic heterocycles. The zero-order chi connectivity index (χ0) is 17.9. The minimum absolute atomic E-state index is 0. The smallest absolute Gasteiger partial charge is 0.123 e. The van der Waals surface area contributed by atoms with Gasteiger partial charge in [0.05, 0.1) is 13.2 Å². The second kappa shape index (κ2) is 12.3. The first kappa shape index (κ1) is 21.2. The van der Waals surface area contributed by atoms with Gasteiger partial charge in [-0.15, -0.1) is 0 Å². The summed E-state index contributed by atoms with van der Waals surface area (Å²) in [4.78, 5) is 0. The molecule has 148 valence electrons. The van der Waals surface area contributed by atoms with Gasteiger partial charge in [-0.3, -0.25) is 0 Å². The Morgan fingerprint density at radius 3 is 1.52 bits per heavy atom. The Bertz CT molecular complexity index is 606. The van der Waals surface area contributed by atoms with Crippen LogP contribution in [-0.4, -0.2) is 31.8 Å². The highest BCUT2D eigenvalue weighted by molar-refractivity contribution is 5.34. The SMILES string of the molecule is O.c1ccc2c(c1)CNCCCCNCc1ccccc1OCCCCO2. The lowest BCUT2D eigenvalue weighted by Gasteiger charge is -2.14. The summed E-state index contributed by atoms with van der Waals surface area (Å²) in [6, 6.07) is 16.6. The maximum atomic E-state index is 6.00. The standard InChI is InChI=1S/C22H30N2O2.H2O/c1-3-11-21-19(9-1)17-23-13-5-6-14-24-18-20-10-2-4-12-22(20)26-16-8-7-15-25-21;/h1-4,9-12,23-24H,5-8,13-18H2;1H2. The van der Waals surface area contributed by atoms with Crippen molar-refractivity contribution in [3.05, 3.63) is 59.7 Å². The highest BCUT2D eigenvalue weighted by atomic mass is 16.5. The van der Waals surface area contributed by atoms with Crippen LogP contribution >= 0.6 is 0 Å². The van der Waals surface area contributed by atoms with Crippen LogP contribution in [0.3, 0.4) is 0 Å². The van der Waals surface area contributed by atoms with Crippen molar-refractivity contribution >= 4 is 0 Å². The maximum absolute atomic E-state index is 6.00. The molecule has 0 radical (unpaired) electrons. The monoisotopic (exact) mass is 372 g/mol. The van der Waals surface area contributed by atoms with Crippen molar-refractivity contribution in [2.24, 2.45) is 0 Å². The average Bonchev–Trinajstić information content (AvgIpc) is 2.68. The predicted octanol–water partition coefficient (Wildman–Crippen LogP) is 3.07. The highest BCUT2D eigenvalue weighted by Crippen LogP contribution is 2.20. The molecule has 2 aromatic rings. The van der Waals surface area contributed by atoms with Gasteiger partial charge in [0.25, 0.3) is 0 Å². The van der Waals surface area contributed by atoms with Crippen LogP contribution < -0.4 is 20.1 Å². The van der Waals surface area contributed by atoms with Gasteiger partial charge in [-0.1, -0.05) is 36.4 Å². The van der Waals surface area contributed by atoms with Crippen LogP contribution in [0.5, 0.6) is 11.5 Å². The van der Waals surface area contributed by atoms with E-state index in [-0.39, 0.29) is 5.48 Å². The lowest BCUT2D eigenvalue weighted by molar-refractivity contribution is 0.263. The second-order valence-electron chi connectivity index (χ2n) is 6.68. The fraction of sp³-hybridized carbons (Fsp3) is 0.455. The summed E-state index contributed by atoms with van der Waals surface area (Å²) in [5.74, 6) is 1.99. The van der Waals surface area contributed by atoms with Gasteiger partial charge in [0.2, 0.25) is 0 Å². The molecule has 1 aliphatic rings. The molecule has 0 atom stereocenters. The topological polar surface area (TPSA) is 74.0 Å². The molecule has 0 aliphatic carbocycles. The van der Waals surface area contributed by atoms with E-state index in [2.05, 4.69) is 47.0 Å². The van der Waals surface area contributed by atoms with Crippen molar-refractivity contribution in [2.45, 2.75) is 38.8 Å². The van der Waals surface area contributed by atoms with E-state index in [9.17, 15) is 0 Å². The molecule has 0 unspecified atom stereocenters. The maximum Gasteiger partial charge on any atom is 0.123 e. The Morgan fingerprint density at radius 1 is 0.593 bits per heavy atom. The Morgan fingerprint density at radius 2 is 1.04 bits per heavy atom. The molecule has 3 rings (SSSR count). The van der Waals surface area contributed by atoms with E-state index >= 15 is 0 Å². The fourth-order valence-electron chi connectivity index (χ4n) is 3.10. The number of benzene rings is 2.